The molecule has 1 amide bonds. The molecule has 0 heterocycles. The van der Waals surface area contributed by atoms with Gasteiger partial charge in [-0.05, 0) is 24.1 Å². The van der Waals surface area contributed by atoms with Gasteiger partial charge in [0.05, 0.1) is 25.3 Å². The van der Waals surface area contributed by atoms with Gasteiger partial charge in [0, 0.05) is 4.90 Å². The number of amides is 1. The second kappa shape index (κ2) is 9.13. The molecule has 1 N–H and O–H groups in total. The summed E-state index contributed by atoms with van der Waals surface area (Å²) in [5.74, 6) is -0.160. The summed E-state index contributed by atoms with van der Waals surface area (Å²) in [5, 5.41) is 2.93. The molecule has 0 saturated heterocycles. The zero-order chi connectivity index (χ0) is 17.4. The van der Waals surface area contributed by atoms with Gasteiger partial charge in [-0.3, -0.25) is 9.59 Å². The van der Waals surface area contributed by atoms with Crippen LogP contribution in [0.5, 0.6) is 0 Å². The number of thioether (sulfide) groups is 1. The van der Waals surface area contributed by atoms with Crippen molar-refractivity contribution in [1.29, 1.82) is 0 Å². The van der Waals surface area contributed by atoms with Gasteiger partial charge in [-0.2, -0.15) is 0 Å². The molecule has 5 heteroatoms. The molecule has 0 fully saturated rings. The topological polar surface area (TPSA) is 55.4 Å². The fourth-order valence-corrected chi connectivity index (χ4v) is 3.13. The van der Waals surface area contributed by atoms with E-state index in [0.717, 1.165) is 16.0 Å². The summed E-state index contributed by atoms with van der Waals surface area (Å²) in [6, 6.07) is 17.0. The molecule has 0 aromatic heterocycles. The summed E-state index contributed by atoms with van der Waals surface area (Å²) in [6.07, 6.45) is 0.112. The van der Waals surface area contributed by atoms with Crippen molar-refractivity contribution in [2.75, 3.05) is 12.9 Å². The first kappa shape index (κ1) is 18.1. The van der Waals surface area contributed by atoms with E-state index in [9.17, 15) is 9.59 Å². The molecule has 0 saturated carbocycles. The lowest BCUT2D eigenvalue weighted by Gasteiger charge is -2.18. The minimum atomic E-state index is -0.386. The predicted molar refractivity (Wildman–Crippen MR) is 95.9 cm³/mol. The number of carbonyl (C=O) groups is 2. The Labute approximate surface area is 146 Å². The molecule has 126 valence electrons. The van der Waals surface area contributed by atoms with Crippen molar-refractivity contribution in [3.05, 3.63) is 65.7 Å². The fourth-order valence-electron chi connectivity index (χ4n) is 2.29. The number of benzene rings is 2. The molecule has 24 heavy (non-hydrogen) atoms. The second-order valence-corrected chi connectivity index (χ2v) is 6.38. The van der Waals surface area contributed by atoms with E-state index in [1.165, 1.54) is 18.9 Å². The van der Waals surface area contributed by atoms with Crippen LogP contribution in [0.15, 0.2) is 59.5 Å². The molecule has 0 aliphatic heterocycles. The van der Waals surface area contributed by atoms with Gasteiger partial charge in [-0.15, -0.1) is 11.8 Å². The standard InChI is InChI=1S/C19H21NO3S/c1-14-8-6-7-11-17(14)24-13-18(21)20-16(12-19(22)23-2)15-9-4-3-5-10-15/h3-11,16H,12-13H2,1-2H3,(H,20,21). The molecule has 2 rings (SSSR count). The SMILES string of the molecule is COC(=O)CC(NC(=O)CSc1ccccc1C)c1ccccc1. The lowest BCUT2D eigenvalue weighted by atomic mass is 10.0. The van der Waals surface area contributed by atoms with Crippen LogP contribution in [0.3, 0.4) is 0 Å². The van der Waals surface area contributed by atoms with Crippen molar-refractivity contribution >= 4 is 23.6 Å². The highest BCUT2D eigenvalue weighted by Gasteiger charge is 2.18. The molecule has 2 aromatic carbocycles. The van der Waals surface area contributed by atoms with Crippen LogP contribution in [0, 0.1) is 6.92 Å². The second-order valence-electron chi connectivity index (χ2n) is 5.37. The largest absolute Gasteiger partial charge is 0.469 e. The molecule has 0 aliphatic rings. The minimum Gasteiger partial charge on any atom is -0.469 e. The highest BCUT2D eigenvalue weighted by molar-refractivity contribution is 8.00. The maximum Gasteiger partial charge on any atom is 0.307 e. The smallest absolute Gasteiger partial charge is 0.307 e. The van der Waals surface area contributed by atoms with Crippen LogP contribution in [0.25, 0.3) is 0 Å². The summed E-state index contributed by atoms with van der Waals surface area (Å²) in [6.45, 7) is 2.02. The molecule has 1 unspecified atom stereocenters. The Morgan fingerprint density at radius 3 is 2.42 bits per heavy atom. The summed E-state index contributed by atoms with van der Waals surface area (Å²) >= 11 is 1.49. The van der Waals surface area contributed by atoms with Crippen LogP contribution in [0.2, 0.25) is 0 Å². The van der Waals surface area contributed by atoms with Gasteiger partial charge in [-0.1, -0.05) is 48.5 Å². The molecule has 0 radical (unpaired) electrons. The third-order valence-electron chi connectivity index (χ3n) is 3.59. The molecule has 1 atom stereocenters. The lowest BCUT2D eigenvalue weighted by molar-refractivity contribution is -0.141. The number of hydrogen-bond donors (Lipinski definition) is 1. The van der Waals surface area contributed by atoms with E-state index in [0.29, 0.717) is 5.75 Å². The van der Waals surface area contributed by atoms with Gasteiger partial charge >= 0.3 is 5.97 Å². The molecule has 0 bridgehead atoms. The quantitative estimate of drug-likeness (QED) is 0.617. The van der Waals surface area contributed by atoms with Crippen molar-refractivity contribution in [2.24, 2.45) is 0 Å². The van der Waals surface area contributed by atoms with Crippen molar-refractivity contribution in [3.8, 4) is 0 Å². The Hall–Kier alpha value is -2.27. The highest BCUT2D eigenvalue weighted by atomic mass is 32.2. The summed E-state index contributed by atoms with van der Waals surface area (Å²) in [7, 11) is 1.35. The van der Waals surface area contributed by atoms with Crippen LogP contribution < -0.4 is 5.32 Å². The van der Waals surface area contributed by atoms with E-state index in [1.807, 2.05) is 61.5 Å². The minimum absolute atomic E-state index is 0.110. The predicted octanol–water partition coefficient (Wildman–Crippen LogP) is 3.51. The number of esters is 1. The first-order valence-electron chi connectivity index (χ1n) is 7.69. The zero-order valence-corrected chi connectivity index (χ0v) is 14.6. The van der Waals surface area contributed by atoms with E-state index in [4.69, 9.17) is 4.74 Å². The third kappa shape index (κ3) is 5.42. The van der Waals surface area contributed by atoms with E-state index in [2.05, 4.69) is 5.32 Å². The Balaban J connectivity index is 1.99. The molecule has 0 spiro atoms. The maximum atomic E-state index is 12.3. The van der Waals surface area contributed by atoms with Gasteiger partial charge in [0.1, 0.15) is 0 Å². The first-order chi connectivity index (χ1) is 11.6. The van der Waals surface area contributed by atoms with Crippen LogP contribution in [0.1, 0.15) is 23.6 Å². The number of aryl methyl sites for hydroxylation is 1. The third-order valence-corrected chi connectivity index (χ3v) is 4.76. The summed E-state index contributed by atoms with van der Waals surface area (Å²) < 4.78 is 4.73. The van der Waals surface area contributed by atoms with Gasteiger partial charge in [-0.25, -0.2) is 0 Å². The average molecular weight is 343 g/mol. The summed E-state index contributed by atoms with van der Waals surface area (Å²) in [5.41, 5.74) is 2.03. The van der Waals surface area contributed by atoms with Gasteiger partial charge in [0.2, 0.25) is 5.91 Å². The number of hydrogen-bond acceptors (Lipinski definition) is 4. The Bertz CT molecular complexity index is 688. The number of carbonyl (C=O) groups excluding carboxylic acids is 2. The van der Waals surface area contributed by atoms with Crippen molar-refractivity contribution in [2.45, 2.75) is 24.3 Å². The molecule has 2 aromatic rings. The highest BCUT2D eigenvalue weighted by Crippen LogP contribution is 2.22. The van der Waals surface area contributed by atoms with Gasteiger partial charge < -0.3 is 10.1 Å². The van der Waals surface area contributed by atoms with Crippen LogP contribution in [-0.2, 0) is 14.3 Å². The van der Waals surface area contributed by atoms with Crippen LogP contribution in [-0.4, -0.2) is 24.7 Å². The van der Waals surface area contributed by atoms with Gasteiger partial charge in [0.15, 0.2) is 0 Å². The van der Waals surface area contributed by atoms with Crippen LogP contribution in [0.4, 0.5) is 0 Å². The normalized spacial score (nSPS) is 11.6. The van der Waals surface area contributed by atoms with Crippen LogP contribution >= 0.6 is 11.8 Å². The maximum absolute atomic E-state index is 12.3. The number of methoxy groups -OCH3 is 1. The van der Waals surface area contributed by atoms with E-state index in [1.54, 1.807) is 0 Å². The molecular weight excluding hydrogens is 322 g/mol. The van der Waals surface area contributed by atoms with E-state index < -0.39 is 0 Å². The van der Waals surface area contributed by atoms with Crippen molar-refractivity contribution < 1.29 is 14.3 Å². The molecular formula is C19H21NO3S. The number of rotatable bonds is 7. The molecule has 0 aliphatic carbocycles. The van der Waals surface area contributed by atoms with Gasteiger partial charge in [0.25, 0.3) is 0 Å². The number of nitrogens with one attached hydrogen (secondary N) is 1. The molecule has 4 nitrogen and oxygen atoms in total. The first-order valence-corrected chi connectivity index (χ1v) is 8.68. The Morgan fingerprint density at radius 2 is 1.75 bits per heavy atom. The van der Waals surface area contributed by atoms with E-state index in [-0.39, 0.29) is 24.3 Å². The average Bonchev–Trinajstić information content (AvgIpc) is 2.61. The summed E-state index contributed by atoms with van der Waals surface area (Å²) in [4.78, 5) is 25.0. The van der Waals surface area contributed by atoms with E-state index >= 15 is 0 Å². The Kier molecular flexibility index (Phi) is 6.88. The monoisotopic (exact) mass is 343 g/mol. The number of ether oxygens (including phenoxy) is 1. The zero-order valence-electron chi connectivity index (χ0n) is 13.8. The Morgan fingerprint density at radius 1 is 1.08 bits per heavy atom. The van der Waals surface area contributed by atoms with Crippen molar-refractivity contribution in [3.63, 3.8) is 0 Å². The fraction of sp³-hybridized carbons (Fsp3) is 0.263. The lowest BCUT2D eigenvalue weighted by Crippen LogP contribution is -2.31. The van der Waals surface area contributed by atoms with Crippen molar-refractivity contribution in [1.82, 2.24) is 5.32 Å².